The summed E-state index contributed by atoms with van der Waals surface area (Å²) >= 11 is 7.54. The van der Waals surface area contributed by atoms with Gasteiger partial charge in [0.1, 0.15) is 6.04 Å². The van der Waals surface area contributed by atoms with Gasteiger partial charge in [0.2, 0.25) is 11.8 Å². The number of likely N-dealkylation sites (N-methyl/N-ethyl adjacent to an activating group) is 1. The molecule has 0 saturated heterocycles. The van der Waals surface area contributed by atoms with Gasteiger partial charge in [-0.25, -0.2) is 0 Å². The number of amides is 2. The molecule has 2 amide bonds. The van der Waals surface area contributed by atoms with Crippen molar-refractivity contribution in [1.29, 1.82) is 0 Å². The molecule has 0 bridgehead atoms. The summed E-state index contributed by atoms with van der Waals surface area (Å²) in [6.45, 7) is 6.84. The molecular formula is C23H29ClN2O2S. The Hall–Kier alpha value is -1.98. The number of nitrogens with one attached hydrogen (secondary N) is 1. The lowest BCUT2D eigenvalue weighted by molar-refractivity contribution is -0.141. The van der Waals surface area contributed by atoms with Gasteiger partial charge in [-0.2, -0.15) is 0 Å². The summed E-state index contributed by atoms with van der Waals surface area (Å²) in [6, 6.07) is 15.2. The summed E-state index contributed by atoms with van der Waals surface area (Å²) < 4.78 is 0. The van der Waals surface area contributed by atoms with Crippen LogP contribution in [0.1, 0.15) is 37.8 Å². The van der Waals surface area contributed by atoms with Crippen LogP contribution >= 0.6 is 23.4 Å². The molecule has 0 spiro atoms. The van der Waals surface area contributed by atoms with E-state index in [0.717, 1.165) is 10.5 Å². The van der Waals surface area contributed by atoms with E-state index in [1.807, 2.05) is 69.3 Å². The quantitative estimate of drug-likeness (QED) is 0.533. The number of aryl methyl sites for hydroxylation is 1. The van der Waals surface area contributed by atoms with Crippen LogP contribution in [0.5, 0.6) is 0 Å². The van der Waals surface area contributed by atoms with Crippen molar-refractivity contribution >= 4 is 35.2 Å². The van der Waals surface area contributed by atoms with Crippen LogP contribution in [0.2, 0.25) is 5.02 Å². The van der Waals surface area contributed by atoms with Crippen LogP contribution in [-0.2, 0) is 16.1 Å². The number of benzene rings is 2. The molecular weight excluding hydrogens is 404 g/mol. The van der Waals surface area contributed by atoms with Gasteiger partial charge in [-0.1, -0.05) is 48.4 Å². The fourth-order valence-corrected chi connectivity index (χ4v) is 4.00. The van der Waals surface area contributed by atoms with E-state index in [9.17, 15) is 9.59 Å². The van der Waals surface area contributed by atoms with E-state index in [4.69, 9.17) is 11.6 Å². The highest BCUT2D eigenvalue weighted by molar-refractivity contribution is 7.99. The molecule has 2 aromatic rings. The van der Waals surface area contributed by atoms with Gasteiger partial charge in [0.05, 0.1) is 0 Å². The third kappa shape index (κ3) is 7.41. The minimum absolute atomic E-state index is 0.00913. The monoisotopic (exact) mass is 432 g/mol. The first-order chi connectivity index (χ1) is 13.9. The highest BCUT2D eigenvalue weighted by Gasteiger charge is 2.28. The van der Waals surface area contributed by atoms with Crippen LogP contribution in [0.4, 0.5) is 0 Å². The molecule has 0 aliphatic rings. The zero-order valence-electron chi connectivity index (χ0n) is 17.3. The number of rotatable bonds is 10. The number of carbonyl (C=O) groups is 2. The Bertz CT molecular complexity index is 794. The number of thioether (sulfide) groups is 1. The molecule has 2 aromatic carbocycles. The summed E-state index contributed by atoms with van der Waals surface area (Å²) in [7, 11) is 0. The minimum Gasteiger partial charge on any atom is -0.355 e. The molecule has 2 rings (SSSR count). The fraction of sp³-hybridized carbons (Fsp3) is 0.391. The number of hydrogen-bond donors (Lipinski definition) is 1. The van der Waals surface area contributed by atoms with E-state index in [0.29, 0.717) is 36.7 Å². The number of halogens is 1. The van der Waals surface area contributed by atoms with E-state index in [2.05, 4.69) is 5.32 Å². The molecule has 156 valence electrons. The summed E-state index contributed by atoms with van der Waals surface area (Å²) in [5.74, 6) is 0.544. The molecule has 4 nitrogen and oxygen atoms in total. The Kier molecular flexibility index (Phi) is 9.55. The lowest BCUT2D eigenvalue weighted by Crippen LogP contribution is -2.49. The van der Waals surface area contributed by atoms with Crippen molar-refractivity contribution in [3.8, 4) is 0 Å². The standard InChI is InChI=1S/C23H29ClN2O2S/c1-4-21(23(28)25-5-2)26(16-18-8-6-17(3)7-9-18)22(27)14-15-29-20-12-10-19(24)11-13-20/h6-13,21H,4-5,14-16H2,1-3H3,(H,25,28)/t21-/m0/s1. The average molecular weight is 433 g/mol. The Morgan fingerprint density at radius 3 is 2.31 bits per heavy atom. The second-order valence-corrected chi connectivity index (χ2v) is 8.48. The van der Waals surface area contributed by atoms with Crippen molar-refractivity contribution in [2.75, 3.05) is 12.3 Å². The first-order valence-corrected chi connectivity index (χ1v) is 11.3. The van der Waals surface area contributed by atoms with Crippen LogP contribution in [0.15, 0.2) is 53.4 Å². The van der Waals surface area contributed by atoms with Gasteiger partial charge in [-0.15, -0.1) is 11.8 Å². The molecule has 6 heteroatoms. The molecule has 0 heterocycles. The summed E-state index contributed by atoms with van der Waals surface area (Å²) in [6.07, 6.45) is 0.947. The van der Waals surface area contributed by atoms with Crippen molar-refractivity contribution in [2.45, 2.75) is 51.1 Å². The maximum atomic E-state index is 13.1. The number of carbonyl (C=O) groups excluding carboxylic acids is 2. The predicted octanol–water partition coefficient (Wildman–Crippen LogP) is 5.07. The van der Waals surface area contributed by atoms with E-state index in [1.165, 1.54) is 5.56 Å². The van der Waals surface area contributed by atoms with Crippen molar-refractivity contribution in [2.24, 2.45) is 0 Å². The molecule has 0 unspecified atom stereocenters. The third-order valence-electron chi connectivity index (χ3n) is 4.61. The third-order valence-corrected chi connectivity index (χ3v) is 5.87. The SMILES string of the molecule is CCNC(=O)[C@H](CC)N(Cc1ccc(C)cc1)C(=O)CCSc1ccc(Cl)cc1. The van der Waals surface area contributed by atoms with Gasteiger partial charge >= 0.3 is 0 Å². The lowest BCUT2D eigenvalue weighted by atomic mass is 10.1. The Labute approximate surface area is 183 Å². The van der Waals surface area contributed by atoms with Crippen LogP contribution in [-0.4, -0.2) is 35.1 Å². The Morgan fingerprint density at radius 2 is 1.72 bits per heavy atom. The van der Waals surface area contributed by atoms with Crippen LogP contribution in [0, 0.1) is 6.92 Å². The molecule has 0 aliphatic carbocycles. The maximum Gasteiger partial charge on any atom is 0.242 e. The zero-order valence-corrected chi connectivity index (χ0v) is 18.9. The fourth-order valence-electron chi connectivity index (χ4n) is 3.03. The minimum atomic E-state index is -0.468. The first kappa shape index (κ1) is 23.3. The van der Waals surface area contributed by atoms with E-state index < -0.39 is 6.04 Å². The predicted molar refractivity (Wildman–Crippen MR) is 121 cm³/mol. The Morgan fingerprint density at radius 1 is 1.07 bits per heavy atom. The average Bonchev–Trinajstić information content (AvgIpc) is 2.71. The molecule has 1 N–H and O–H groups in total. The smallest absolute Gasteiger partial charge is 0.242 e. The number of nitrogens with zero attached hydrogens (tertiary/aromatic N) is 1. The topological polar surface area (TPSA) is 49.4 Å². The summed E-state index contributed by atoms with van der Waals surface area (Å²) in [5.41, 5.74) is 2.19. The van der Waals surface area contributed by atoms with Gasteiger partial charge in [0.25, 0.3) is 0 Å². The number of hydrogen-bond acceptors (Lipinski definition) is 3. The molecule has 0 fully saturated rings. The highest BCUT2D eigenvalue weighted by Crippen LogP contribution is 2.22. The maximum absolute atomic E-state index is 13.1. The van der Waals surface area contributed by atoms with Crippen LogP contribution in [0.25, 0.3) is 0 Å². The second-order valence-electron chi connectivity index (χ2n) is 6.88. The van der Waals surface area contributed by atoms with E-state index in [-0.39, 0.29) is 11.8 Å². The highest BCUT2D eigenvalue weighted by atomic mass is 35.5. The van der Waals surface area contributed by atoms with Gasteiger partial charge in [-0.3, -0.25) is 9.59 Å². The summed E-state index contributed by atoms with van der Waals surface area (Å²) in [5, 5.41) is 3.56. The van der Waals surface area contributed by atoms with E-state index in [1.54, 1.807) is 16.7 Å². The molecule has 0 aromatic heterocycles. The first-order valence-electron chi connectivity index (χ1n) is 9.95. The molecule has 0 saturated carbocycles. The summed E-state index contributed by atoms with van der Waals surface area (Å²) in [4.78, 5) is 28.4. The molecule has 1 atom stereocenters. The van der Waals surface area contributed by atoms with E-state index >= 15 is 0 Å². The molecule has 0 radical (unpaired) electrons. The van der Waals surface area contributed by atoms with Crippen molar-refractivity contribution in [3.63, 3.8) is 0 Å². The largest absolute Gasteiger partial charge is 0.355 e. The van der Waals surface area contributed by atoms with Gasteiger partial charge in [0.15, 0.2) is 0 Å². The molecule has 0 aliphatic heterocycles. The van der Waals surface area contributed by atoms with Crippen LogP contribution in [0.3, 0.4) is 0 Å². The second kappa shape index (κ2) is 11.9. The van der Waals surface area contributed by atoms with Crippen molar-refractivity contribution in [3.05, 3.63) is 64.7 Å². The van der Waals surface area contributed by atoms with Gasteiger partial charge in [0, 0.05) is 35.2 Å². The van der Waals surface area contributed by atoms with Gasteiger partial charge in [-0.05, 0) is 50.1 Å². The van der Waals surface area contributed by atoms with Crippen molar-refractivity contribution < 1.29 is 9.59 Å². The Balaban J connectivity index is 2.08. The van der Waals surface area contributed by atoms with Gasteiger partial charge < -0.3 is 10.2 Å². The van der Waals surface area contributed by atoms with Crippen molar-refractivity contribution in [1.82, 2.24) is 10.2 Å². The molecule has 29 heavy (non-hydrogen) atoms. The lowest BCUT2D eigenvalue weighted by Gasteiger charge is -2.30. The normalized spacial score (nSPS) is 11.7. The zero-order chi connectivity index (χ0) is 21.2. The van der Waals surface area contributed by atoms with Crippen LogP contribution < -0.4 is 5.32 Å².